The minimum atomic E-state index is -0.302. The SMILES string of the molecule is O=C(Nc1ccc(O)cc1)c1ccc2c(c1)OCC(=O)N2Cc1ccccc1. The van der Waals surface area contributed by atoms with Gasteiger partial charge in [0.1, 0.15) is 11.5 Å². The van der Waals surface area contributed by atoms with E-state index in [0.717, 1.165) is 5.56 Å². The van der Waals surface area contributed by atoms with E-state index < -0.39 is 0 Å². The van der Waals surface area contributed by atoms with Crippen LogP contribution in [0.1, 0.15) is 15.9 Å². The van der Waals surface area contributed by atoms with Crippen LogP contribution in [0.25, 0.3) is 0 Å². The molecule has 2 N–H and O–H groups in total. The molecule has 1 aliphatic rings. The van der Waals surface area contributed by atoms with Gasteiger partial charge in [-0.05, 0) is 48.0 Å². The van der Waals surface area contributed by atoms with Crippen molar-refractivity contribution < 1.29 is 19.4 Å². The number of phenols is 1. The van der Waals surface area contributed by atoms with E-state index in [1.165, 1.54) is 12.1 Å². The highest BCUT2D eigenvalue weighted by molar-refractivity contribution is 6.06. The Morgan fingerprint density at radius 3 is 2.54 bits per heavy atom. The predicted octanol–water partition coefficient (Wildman–Crippen LogP) is 3.57. The van der Waals surface area contributed by atoms with Crippen LogP contribution in [0, 0.1) is 0 Å². The summed E-state index contributed by atoms with van der Waals surface area (Å²) in [5.74, 6) is 0.193. The normalized spacial score (nSPS) is 12.9. The van der Waals surface area contributed by atoms with Gasteiger partial charge in [0.25, 0.3) is 11.8 Å². The number of carbonyl (C=O) groups excluding carboxylic acids is 2. The summed E-state index contributed by atoms with van der Waals surface area (Å²) in [5, 5.41) is 12.1. The molecule has 6 nitrogen and oxygen atoms in total. The minimum Gasteiger partial charge on any atom is -0.508 e. The molecule has 3 aromatic rings. The summed E-state index contributed by atoms with van der Waals surface area (Å²) in [6, 6.07) is 20.9. The molecule has 6 heteroatoms. The fourth-order valence-corrected chi connectivity index (χ4v) is 3.03. The molecule has 0 spiro atoms. The number of phenolic OH excluding ortho intramolecular Hbond substituents is 1. The average molecular weight is 374 g/mol. The van der Waals surface area contributed by atoms with Gasteiger partial charge in [-0.2, -0.15) is 0 Å². The Morgan fingerprint density at radius 1 is 1.04 bits per heavy atom. The van der Waals surface area contributed by atoms with Crippen LogP contribution >= 0.6 is 0 Å². The third kappa shape index (κ3) is 3.66. The van der Waals surface area contributed by atoms with Crippen molar-refractivity contribution in [2.45, 2.75) is 6.54 Å². The largest absolute Gasteiger partial charge is 0.508 e. The lowest BCUT2D eigenvalue weighted by molar-refractivity contribution is -0.121. The van der Waals surface area contributed by atoms with Crippen LogP contribution in [0.3, 0.4) is 0 Å². The Kier molecular flexibility index (Phi) is 4.68. The number of carbonyl (C=O) groups is 2. The number of hydrogen-bond acceptors (Lipinski definition) is 4. The first-order chi connectivity index (χ1) is 13.6. The Hall–Kier alpha value is -3.80. The zero-order chi connectivity index (χ0) is 19.5. The molecule has 2 amide bonds. The number of aromatic hydroxyl groups is 1. The number of hydrogen-bond donors (Lipinski definition) is 2. The minimum absolute atomic E-state index is 0.0666. The number of nitrogens with one attached hydrogen (secondary N) is 1. The number of anilines is 2. The number of fused-ring (bicyclic) bond motifs is 1. The van der Waals surface area contributed by atoms with E-state index in [4.69, 9.17) is 4.74 Å². The smallest absolute Gasteiger partial charge is 0.265 e. The zero-order valence-corrected chi connectivity index (χ0v) is 15.0. The van der Waals surface area contributed by atoms with Crippen LogP contribution in [0.15, 0.2) is 72.8 Å². The van der Waals surface area contributed by atoms with Crippen LogP contribution in [0.5, 0.6) is 11.5 Å². The first kappa shape index (κ1) is 17.6. The molecule has 0 radical (unpaired) electrons. The standard InChI is InChI=1S/C22H18N2O4/c25-18-9-7-17(8-10-18)23-22(27)16-6-11-19-20(12-16)28-14-21(26)24(19)13-15-4-2-1-3-5-15/h1-12,25H,13-14H2,(H,23,27). The quantitative estimate of drug-likeness (QED) is 0.685. The van der Waals surface area contributed by atoms with Gasteiger partial charge in [-0.1, -0.05) is 30.3 Å². The topological polar surface area (TPSA) is 78.9 Å². The lowest BCUT2D eigenvalue weighted by Crippen LogP contribution is -2.38. The van der Waals surface area contributed by atoms with Gasteiger partial charge >= 0.3 is 0 Å². The Morgan fingerprint density at radius 2 is 1.79 bits per heavy atom. The van der Waals surface area contributed by atoms with Gasteiger partial charge in [-0.25, -0.2) is 0 Å². The van der Waals surface area contributed by atoms with Gasteiger partial charge in [0, 0.05) is 11.3 Å². The zero-order valence-electron chi connectivity index (χ0n) is 15.0. The molecule has 28 heavy (non-hydrogen) atoms. The molecule has 0 saturated carbocycles. The van der Waals surface area contributed by atoms with Crippen molar-refractivity contribution in [2.24, 2.45) is 0 Å². The molecular weight excluding hydrogens is 356 g/mol. The van der Waals surface area contributed by atoms with E-state index in [-0.39, 0.29) is 24.2 Å². The number of amides is 2. The highest BCUT2D eigenvalue weighted by atomic mass is 16.5. The summed E-state index contributed by atoms with van der Waals surface area (Å²) in [6.07, 6.45) is 0. The molecule has 1 heterocycles. The maximum Gasteiger partial charge on any atom is 0.265 e. The van der Waals surface area contributed by atoms with Crippen LogP contribution < -0.4 is 15.0 Å². The van der Waals surface area contributed by atoms with Gasteiger partial charge in [0.15, 0.2) is 6.61 Å². The number of rotatable bonds is 4. The van der Waals surface area contributed by atoms with E-state index in [1.807, 2.05) is 30.3 Å². The fraction of sp³-hybridized carbons (Fsp3) is 0.0909. The molecular formula is C22H18N2O4. The Balaban J connectivity index is 1.56. The van der Waals surface area contributed by atoms with Crippen molar-refractivity contribution in [2.75, 3.05) is 16.8 Å². The van der Waals surface area contributed by atoms with Gasteiger partial charge in [0.2, 0.25) is 0 Å². The van der Waals surface area contributed by atoms with E-state index in [1.54, 1.807) is 35.2 Å². The number of nitrogens with zero attached hydrogens (tertiary/aromatic N) is 1. The van der Waals surface area contributed by atoms with Crippen molar-refractivity contribution in [3.8, 4) is 11.5 Å². The van der Waals surface area contributed by atoms with Crippen molar-refractivity contribution >= 4 is 23.2 Å². The molecule has 140 valence electrons. The summed E-state index contributed by atoms with van der Waals surface area (Å²) < 4.78 is 5.56. The maximum absolute atomic E-state index is 12.5. The van der Waals surface area contributed by atoms with Crippen LogP contribution in [-0.4, -0.2) is 23.5 Å². The Bertz CT molecular complexity index is 1020. The number of benzene rings is 3. The van der Waals surface area contributed by atoms with Crippen molar-refractivity contribution in [1.29, 1.82) is 0 Å². The first-order valence-electron chi connectivity index (χ1n) is 8.82. The second-order valence-corrected chi connectivity index (χ2v) is 6.44. The maximum atomic E-state index is 12.5. The van der Waals surface area contributed by atoms with Crippen molar-refractivity contribution in [3.63, 3.8) is 0 Å². The van der Waals surface area contributed by atoms with Crippen LogP contribution in [-0.2, 0) is 11.3 Å². The molecule has 0 aromatic heterocycles. The van der Waals surface area contributed by atoms with Gasteiger partial charge in [-0.15, -0.1) is 0 Å². The lowest BCUT2D eigenvalue weighted by Gasteiger charge is -2.29. The monoisotopic (exact) mass is 374 g/mol. The van der Waals surface area contributed by atoms with Crippen molar-refractivity contribution in [1.82, 2.24) is 0 Å². The fourth-order valence-electron chi connectivity index (χ4n) is 3.03. The third-order valence-corrected chi connectivity index (χ3v) is 4.47. The molecule has 0 unspecified atom stereocenters. The summed E-state index contributed by atoms with van der Waals surface area (Å²) in [5.41, 5.74) is 2.64. The molecule has 0 aliphatic carbocycles. The average Bonchev–Trinajstić information content (AvgIpc) is 2.72. The summed E-state index contributed by atoms with van der Waals surface area (Å²) in [7, 11) is 0. The molecule has 0 bridgehead atoms. The van der Waals surface area contributed by atoms with E-state index >= 15 is 0 Å². The molecule has 0 atom stereocenters. The lowest BCUT2D eigenvalue weighted by atomic mass is 10.1. The first-order valence-corrected chi connectivity index (χ1v) is 8.82. The summed E-state index contributed by atoms with van der Waals surface area (Å²) >= 11 is 0. The van der Waals surface area contributed by atoms with Crippen LogP contribution in [0.4, 0.5) is 11.4 Å². The van der Waals surface area contributed by atoms with E-state index in [9.17, 15) is 14.7 Å². The molecule has 0 saturated heterocycles. The van der Waals surface area contributed by atoms with Crippen molar-refractivity contribution in [3.05, 3.63) is 83.9 Å². The highest BCUT2D eigenvalue weighted by Crippen LogP contribution is 2.34. The molecule has 4 rings (SSSR count). The Labute approximate surface area is 162 Å². The predicted molar refractivity (Wildman–Crippen MR) is 106 cm³/mol. The molecule has 3 aromatic carbocycles. The second kappa shape index (κ2) is 7.44. The van der Waals surface area contributed by atoms with E-state index in [0.29, 0.717) is 29.2 Å². The number of ether oxygens (including phenoxy) is 1. The molecule has 1 aliphatic heterocycles. The molecule has 0 fully saturated rings. The summed E-state index contributed by atoms with van der Waals surface area (Å²) in [6.45, 7) is 0.373. The second-order valence-electron chi connectivity index (χ2n) is 6.44. The third-order valence-electron chi connectivity index (χ3n) is 4.47. The van der Waals surface area contributed by atoms with E-state index in [2.05, 4.69) is 5.32 Å². The van der Waals surface area contributed by atoms with Gasteiger partial charge < -0.3 is 20.1 Å². The summed E-state index contributed by atoms with van der Waals surface area (Å²) in [4.78, 5) is 26.5. The highest BCUT2D eigenvalue weighted by Gasteiger charge is 2.26. The van der Waals surface area contributed by atoms with Crippen LogP contribution in [0.2, 0.25) is 0 Å². The van der Waals surface area contributed by atoms with Gasteiger partial charge in [0.05, 0.1) is 12.2 Å². The van der Waals surface area contributed by atoms with Gasteiger partial charge in [-0.3, -0.25) is 9.59 Å².